The fourth-order valence-corrected chi connectivity index (χ4v) is 2.31. The number of nitrogens with one attached hydrogen (secondary N) is 1. The molecule has 0 saturated carbocycles. The molecule has 1 N–H and O–H groups in total. The van der Waals surface area contributed by atoms with Gasteiger partial charge in [-0.1, -0.05) is 72.7 Å². The standard InChI is InChI=1S/C23H17NO/c25-22(17-16-19-10-4-1-5-11-19)18-23(20-12-6-2-7-13-20)24-21-14-8-3-9-15-21/h1-15,18,24H/b23-18-. The van der Waals surface area contributed by atoms with Crippen molar-refractivity contribution >= 4 is 17.2 Å². The van der Waals surface area contributed by atoms with Crippen LogP contribution >= 0.6 is 0 Å². The number of anilines is 1. The summed E-state index contributed by atoms with van der Waals surface area (Å²) < 4.78 is 0. The quantitative estimate of drug-likeness (QED) is 0.554. The molecule has 0 bridgehead atoms. The zero-order chi connectivity index (χ0) is 17.3. The number of hydrogen-bond donors (Lipinski definition) is 1. The smallest absolute Gasteiger partial charge is 0.231 e. The molecular weight excluding hydrogens is 306 g/mol. The van der Waals surface area contributed by atoms with Crippen LogP contribution in [0.5, 0.6) is 0 Å². The molecule has 0 radical (unpaired) electrons. The summed E-state index contributed by atoms with van der Waals surface area (Å²) in [6, 6.07) is 29.0. The second-order valence-corrected chi connectivity index (χ2v) is 5.40. The summed E-state index contributed by atoms with van der Waals surface area (Å²) in [4.78, 5) is 12.3. The predicted molar refractivity (Wildman–Crippen MR) is 103 cm³/mol. The Balaban J connectivity index is 1.87. The summed E-state index contributed by atoms with van der Waals surface area (Å²) in [5, 5.41) is 3.30. The number of benzene rings is 3. The van der Waals surface area contributed by atoms with Gasteiger partial charge in [-0.2, -0.15) is 0 Å². The zero-order valence-corrected chi connectivity index (χ0v) is 13.6. The first-order valence-electron chi connectivity index (χ1n) is 8.01. The van der Waals surface area contributed by atoms with E-state index in [-0.39, 0.29) is 5.78 Å². The number of carbonyl (C=O) groups excluding carboxylic acids is 1. The van der Waals surface area contributed by atoms with Crippen LogP contribution in [0.3, 0.4) is 0 Å². The summed E-state index contributed by atoms with van der Waals surface area (Å²) in [5.41, 5.74) is 3.39. The van der Waals surface area contributed by atoms with Gasteiger partial charge in [0.1, 0.15) is 0 Å². The normalized spacial score (nSPS) is 10.5. The Labute approximate surface area is 147 Å². The van der Waals surface area contributed by atoms with E-state index in [1.165, 1.54) is 6.08 Å². The molecule has 3 rings (SSSR count). The summed E-state index contributed by atoms with van der Waals surface area (Å²) in [6.45, 7) is 0. The molecule has 0 unspecified atom stereocenters. The van der Waals surface area contributed by atoms with Crippen molar-refractivity contribution in [2.24, 2.45) is 0 Å². The summed E-state index contributed by atoms with van der Waals surface area (Å²) in [5.74, 6) is 5.33. The van der Waals surface area contributed by atoms with Gasteiger partial charge in [-0.25, -0.2) is 0 Å². The fraction of sp³-hybridized carbons (Fsp3) is 0. The second-order valence-electron chi connectivity index (χ2n) is 5.40. The van der Waals surface area contributed by atoms with E-state index in [1.54, 1.807) is 0 Å². The van der Waals surface area contributed by atoms with E-state index < -0.39 is 0 Å². The van der Waals surface area contributed by atoms with Gasteiger partial charge >= 0.3 is 0 Å². The van der Waals surface area contributed by atoms with Crippen molar-refractivity contribution in [2.75, 3.05) is 5.32 Å². The third kappa shape index (κ3) is 4.95. The van der Waals surface area contributed by atoms with Crippen molar-refractivity contribution in [3.63, 3.8) is 0 Å². The van der Waals surface area contributed by atoms with Crippen molar-refractivity contribution < 1.29 is 4.79 Å². The van der Waals surface area contributed by atoms with Crippen LogP contribution in [0.15, 0.2) is 97.1 Å². The Bertz CT molecular complexity index is 917. The molecule has 0 atom stereocenters. The SMILES string of the molecule is O=C(C#Cc1ccccc1)/C=C(\Nc1ccccc1)c1ccccc1. The minimum absolute atomic E-state index is 0.244. The minimum atomic E-state index is -0.244. The van der Waals surface area contributed by atoms with Gasteiger partial charge in [0.05, 0.1) is 5.70 Å². The molecular formula is C23H17NO. The third-order valence-corrected chi connectivity index (χ3v) is 3.52. The van der Waals surface area contributed by atoms with E-state index in [4.69, 9.17) is 0 Å². The van der Waals surface area contributed by atoms with Gasteiger partial charge < -0.3 is 5.32 Å². The number of rotatable bonds is 4. The summed E-state index contributed by atoms with van der Waals surface area (Å²) >= 11 is 0. The molecule has 2 nitrogen and oxygen atoms in total. The van der Waals surface area contributed by atoms with E-state index in [2.05, 4.69) is 17.2 Å². The molecule has 0 fully saturated rings. The molecule has 120 valence electrons. The van der Waals surface area contributed by atoms with E-state index in [0.29, 0.717) is 0 Å². The van der Waals surface area contributed by atoms with Crippen molar-refractivity contribution in [2.45, 2.75) is 0 Å². The summed E-state index contributed by atoms with van der Waals surface area (Å²) in [6.07, 6.45) is 1.54. The molecule has 0 saturated heterocycles. The lowest BCUT2D eigenvalue weighted by atomic mass is 10.1. The van der Waals surface area contributed by atoms with Crippen molar-refractivity contribution in [1.29, 1.82) is 0 Å². The number of ketones is 1. The van der Waals surface area contributed by atoms with Gasteiger partial charge in [-0.05, 0) is 35.7 Å². The largest absolute Gasteiger partial charge is 0.355 e. The maximum Gasteiger partial charge on any atom is 0.231 e. The first-order chi connectivity index (χ1) is 12.3. The van der Waals surface area contributed by atoms with E-state index in [0.717, 1.165) is 22.5 Å². The van der Waals surface area contributed by atoms with Crippen molar-refractivity contribution in [3.05, 3.63) is 108 Å². The minimum Gasteiger partial charge on any atom is -0.355 e. The van der Waals surface area contributed by atoms with E-state index in [9.17, 15) is 4.79 Å². The third-order valence-electron chi connectivity index (χ3n) is 3.52. The molecule has 0 aliphatic heterocycles. The first kappa shape index (κ1) is 16.3. The highest BCUT2D eigenvalue weighted by Gasteiger charge is 2.04. The van der Waals surface area contributed by atoms with Gasteiger partial charge in [0.25, 0.3) is 0 Å². The van der Waals surface area contributed by atoms with Crippen LogP contribution in [0.4, 0.5) is 5.69 Å². The second kappa shape index (κ2) is 8.33. The van der Waals surface area contributed by atoms with Crippen LogP contribution in [0.1, 0.15) is 11.1 Å². The number of hydrogen-bond acceptors (Lipinski definition) is 2. The van der Waals surface area contributed by atoms with Crippen LogP contribution in [-0.4, -0.2) is 5.78 Å². The molecule has 0 amide bonds. The molecule has 0 spiro atoms. The Hall–Kier alpha value is -3.57. The van der Waals surface area contributed by atoms with Crippen molar-refractivity contribution in [3.8, 4) is 11.8 Å². The molecule has 3 aromatic rings. The lowest BCUT2D eigenvalue weighted by molar-refractivity contribution is -0.109. The maximum atomic E-state index is 12.3. The lowest BCUT2D eigenvalue weighted by Crippen LogP contribution is -2.02. The van der Waals surface area contributed by atoms with Crippen LogP contribution in [0.2, 0.25) is 0 Å². The predicted octanol–water partition coefficient (Wildman–Crippen LogP) is 4.76. The Morgan fingerprint density at radius 1 is 0.760 bits per heavy atom. The number of carbonyl (C=O) groups is 1. The molecule has 0 aliphatic carbocycles. The maximum absolute atomic E-state index is 12.3. The van der Waals surface area contributed by atoms with Crippen molar-refractivity contribution in [1.82, 2.24) is 0 Å². The summed E-state index contributed by atoms with van der Waals surface area (Å²) in [7, 11) is 0. The van der Waals surface area contributed by atoms with Gasteiger partial charge in [0, 0.05) is 17.3 Å². The van der Waals surface area contributed by atoms with Gasteiger partial charge in [0.15, 0.2) is 0 Å². The lowest BCUT2D eigenvalue weighted by Gasteiger charge is -2.10. The molecule has 2 heteroatoms. The van der Waals surface area contributed by atoms with Gasteiger partial charge in [0.2, 0.25) is 5.78 Å². The van der Waals surface area contributed by atoms with Crippen LogP contribution in [0, 0.1) is 11.8 Å². The average Bonchev–Trinajstić information content (AvgIpc) is 2.68. The van der Waals surface area contributed by atoms with Gasteiger partial charge in [-0.3, -0.25) is 4.79 Å². The van der Waals surface area contributed by atoms with E-state index in [1.807, 2.05) is 91.0 Å². The zero-order valence-electron chi connectivity index (χ0n) is 13.6. The monoisotopic (exact) mass is 323 g/mol. The molecule has 0 aromatic heterocycles. The Morgan fingerprint density at radius 2 is 1.32 bits per heavy atom. The Kier molecular flexibility index (Phi) is 5.43. The van der Waals surface area contributed by atoms with Crippen LogP contribution in [-0.2, 0) is 4.79 Å². The number of para-hydroxylation sites is 1. The molecule has 0 aliphatic rings. The highest BCUT2D eigenvalue weighted by Crippen LogP contribution is 2.18. The molecule has 0 heterocycles. The Morgan fingerprint density at radius 3 is 1.96 bits per heavy atom. The van der Waals surface area contributed by atoms with Gasteiger partial charge in [-0.15, -0.1) is 0 Å². The molecule has 25 heavy (non-hydrogen) atoms. The molecule has 3 aromatic carbocycles. The first-order valence-corrected chi connectivity index (χ1v) is 8.01. The highest BCUT2D eigenvalue weighted by atomic mass is 16.1. The van der Waals surface area contributed by atoms with Crippen LogP contribution in [0.25, 0.3) is 5.70 Å². The highest BCUT2D eigenvalue weighted by molar-refractivity contribution is 6.09. The topological polar surface area (TPSA) is 29.1 Å². The fourth-order valence-electron chi connectivity index (χ4n) is 2.31. The van der Waals surface area contributed by atoms with E-state index >= 15 is 0 Å². The average molecular weight is 323 g/mol. The number of allylic oxidation sites excluding steroid dienone is 1. The van der Waals surface area contributed by atoms with Crippen LogP contribution < -0.4 is 5.32 Å².